The van der Waals surface area contributed by atoms with E-state index in [1.807, 2.05) is 26.8 Å². The van der Waals surface area contributed by atoms with Gasteiger partial charge in [-0.15, -0.1) is 0 Å². The molecule has 1 aromatic carbocycles. The number of rotatable bonds is 8. The maximum absolute atomic E-state index is 11.8. The summed E-state index contributed by atoms with van der Waals surface area (Å²) < 4.78 is 10.5. The Morgan fingerprint density at radius 2 is 1.77 bits per heavy atom. The molecule has 1 rings (SSSR count). The lowest BCUT2D eigenvalue weighted by molar-refractivity contribution is 0.0300. The van der Waals surface area contributed by atoms with E-state index < -0.39 is 0 Å². The van der Waals surface area contributed by atoms with Crippen molar-refractivity contribution < 1.29 is 19.1 Å². The van der Waals surface area contributed by atoms with Crippen LogP contribution in [0.3, 0.4) is 0 Å². The number of amides is 1. The Balaban J connectivity index is 2.22. The molecule has 0 bridgehead atoms. The van der Waals surface area contributed by atoms with Gasteiger partial charge in [0.2, 0.25) is 0 Å². The molecule has 0 heterocycles. The summed E-state index contributed by atoms with van der Waals surface area (Å²) in [7, 11) is 0. The second-order valence-corrected chi connectivity index (χ2v) is 5.01. The molecular weight excluding hydrogens is 282 g/mol. The van der Waals surface area contributed by atoms with E-state index in [9.17, 15) is 9.59 Å². The normalized spacial score (nSPS) is 11.6. The number of nitrogens with zero attached hydrogens (tertiary/aromatic N) is 1. The summed E-state index contributed by atoms with van der Waals surface area (Å²) in [6.45, 7) is 7.28. The summed E-state index contributed by atoms with van der Waals surface area (Å²) >= 11 is 0. The summed E-state index contributed by atoms with van der Waals surface area (Å²) in [5, 5.41) is 0. The van der Waals surface area contributed by atoms with Crippen LogP contribution in [0, 0.1) is 0 Å². The van der Waals surface area contributed by atoms with Crippen molar-refractivity contribution in [1.82, 2.24) is 4.90 Å². The molecule has 0 spiro atoms. The molecule has 0 aliphatic carbocycles. The minimum absolute atomic E-state index is 0.208. The van der Waals surface area contributed by atoms with Crippen molar-refractivity contribution in [2.24, 2.45) is 0 Å². The highest BCUT2D eigenvalue weighted by Crippen LogP contribution is 2.08. The second-order valence-electron chi connectivity index (χ2n) is 5.01. The quantitative estimate of drug-likeness (QED) is 0.545. The first kappa shape index (κ1) is 18.0. The van der Waals surface area contributed by atoms with E-state index in [4.69, 9.17) is 9.47 Å². The third kappa shape index (κ3) is 6.16. The van der Waals surface area contributed by atoms with Crippen LogP contribution in [0.25, 0.3) is 0 Å². The van der Waals surface area contributed by atoms with Crippen molar-refractivity contribution in [1.29, 1.82) is 0 Å². The number of carbonyl (C=O) groups excluding carboxylic acids is 2. The highest BCUT2D eigenvalue weighted by Gasteiger charge is 2.13. The Kier molecular flexibility index (Phi) is 8.04. The highest BCUT2D eigenvalue weighted by atomic mass is 16.6. The van der Waals surface area contributed by atoms with Crippen LogP contribution in [0.1, 0.15) is 44.0 Å². The van der Waals surface area contributed by atoms with Crippen LogP contribution in [0.15, 0.2) is 30.3 Å². The van der Waals surface area contributed by atoms with Crippen molar-refractivity contribution in [3.8, 4) is 0 Å². The SMILES string of the molecule is CCN(CC)C(=O)OCCCC(C)OC(=O)c1ccccc1. The minimum atomic E-state index is -0.326. The summed E-state index contributed by atoms with van der Waals surface area (Å²) in [5.74, 6) is -0.326. The summed E-state index contributed by atoms with van der Waals surface area (Å²) in [6.07, 6.45) is 0.819. The number of ether oxygens (including phenoxy) is 2. The average molecular weight is 307 g/mol. The fourth-order valence-corrected chi connectivity index (χ4v) is 1.99. The monoisotopic (exact) mass is 307 g/mol. The van der Waals surface area contributed by atoms with E-state index in [1.165, 1.54) is 0 Å². The molecule has 0 saturated heterocycles. The van der Waals surface area contributed by atoms with Crippen LogP contribution >= 0.6 is 0 Å². The lowest BCUT2D eigenvalue weighted by Crippen LogP contribution is -2.31. The predicted molar refractivity (Wildman–Crippen MR) is 84.8 cm³/mol. The molecular formula is C17H25NO4. The number of hydrogen-bond donors (Lipinski definition) is 0. The molecule has 22 heavy (non-hydrogen) atoms. The van der Waals surface area contributed by atoms with Crippen LogP contribution in [0.4, 0.5) is 4.79 Å². The number of carbonyl (C=O) groups is 2. The average Bonchev–Trinajstić information content (AvgIpc) is 2.53. The number of hydrogen-bond acceptors (Lipinski definition) is 4. The van der Waals surface area contributed by atoms with Crippen molar-refractivity contribution in [3.63, 3.8) is 0 Å². The molecule has 1 amide bonds. The fourth-order valence-electron chi connectivity index (χ4n) is 1.99. The van der Waals surface area contributed by atoms with E-state index in [2.05, 4.69) is 0 Å². The smallest absolute Gasteiger partial charge is 0.409 e. The Morgan fingerprint density at radius 1 is 1.14 bits per heavy atom. The van der Waals surface area contributed by atoms with E-state index >= 15 is 0 Å². The first-order valence-electron chi connectivity index (χ1n) is 7.76. The third-order valence-corrected chi connectivity index (χ3v) is 3.32. The van der Waals surface area contributed by atoms with Crippen LogP contribution in [0.5, 0.6) is 0 Å². The summed E-state index contributed by atoms with van der Waals surface area (Å²) in [5.41, 5.74) is 0.544. The third-order valence-electron chi connectivity index (χ3n) is 3.32. The largest absolute Gasteiger partial charge is 0.459 e. The topological polar surface area (TPSA) is 55.8 Å². The molecule has 1 aromatic rings. The highest BCUT2D eigenvalue weighted by molar-refractivity contribution is 5.89. The van der Waals surface area contributed by atoms with Crippen molar-refractivity contribution in [2.45, 2.75) is 39.7 Å². The Labute approximate surface area is 132 Å². The minimum Gasteiger partial charge on any atom is -0.459 e. The molecule has 5 nitrogen and oxygen atoms in total. The van der Waals surface area contributed by atoms with Gasteiger partial charge in [0.25, 0.3) is 0 Å². The summed E-state index contributed by atoms with van der Waals surface area (Å²) in [6, 6.07) is 8.90. The van der Waals surface area contributed by atoms with Gasteiger partial charge >= 0.3 is 12.1 Å². The van der Waals surface area contributed by atoms with Gasteiger partial charge in [-0.3, -0.25) is 0 Å². The molecule has 5 heteroatoms. The molecule has 1 unspecified atom stereocenters. The van der Waals surface area contributed by atoms with Gasteiger partial charge in [0.05, 0.1) is 18.3 Å². The summed E-state index contributed by atoms with van der Waals surface area (Å²) in [4.78, 5) is 25.1. The van der Waals surface area contributed by atoms with E-state index in [-0.39, 0.29) is 18.2 Å². The van der Waals surface area contributed by atoms with Gasteiger partial charge in [-0.25, -0.2) is 9.59 Å². The van der Waals surface area contributed by atoms with Gasteiger partial charge in [0.15, 0.2) is 0 Å². The molecule has 0 fully saturated rings. The second kappa shape index (κ2) is 9.82. The fraction of sp³-hybridized carbons (Fsp3) is 0.529. The van der Waals surface area contributed by atoms with E-state index in [0.717, 1.165) is 0 Å². The standard InChI is InChI=1S/C17H25NO4/c1-4-18(5-2)17(20)21-13-9-10-14(3)22-16(19)15-11-7-6-8-12-15/h6-8,11-12,14H,4-5,9-10,13H2,1-3H3. The van der Waals surface area contributed by atoms with Crippen molar-refractivity contribution in [2.75, 3.05) is 19.7 Å². The lowest BCUT2D eigenvalue weighted by atomic mass is 10.2. The molecule has 0 aliphatic rings. The van der Waals surface area contributed by atoms with Gasteiger partial charge in [-0.05, 0) is 45.7 Å². The predicted octanol–water partition coefficient (Wildman–Crippen LogP) is 3.49. The van der Waals surface area contributed by atoms with Gasteiger partial charge in [-0.2, -0.15) is 0 Å². The van der Waals surface area contributed by atoms with Crippen LogP contribution < -0.4 is 0 Å². The molecule has 122 valence electrons. The van der Waals surface area contributed by atoms with E-state index in [1.54, 1.807) is 29.2 Å². The molecule has 1 atom stereocenters. The maximum atomic E-state index is 11.8. The Morgan fingerprint density at radius 3 is 2.36 bits per heavy atom. The first-order valence-corrected chi connectivity index (χ1v) is 7.76. The Hall–Kier alpha value is -2.04. The van der Waals surface area contributed by atoms with Crippen molar-refractivity contribution in [3.05, 3.63) is 35.9 Å². The molecule has 0 radical (unpaired) electrons. The van der Waals surface area contributed by atoms with Gasteiger partial charge < -0.3 is 14.4 Å². The zero-order valence-corrected chi connectivity index (χ0v) is 13.6. The van der Waals surface area contributed by atoms with Crippen LogP contribution in [-0.4, -0.2) is 42.8 Å². The lowest BCUT2D eigenvalue weighted by Gasteiger charge is -2.18. The first-order chi connectivity index (χ1) is 10.6. The number of benzene rings is 1. The Bertz CT molecular complexity index is 457. The van der Waals surface area contributed by atoms with E-state index in [0.29, 0.717) is 38.1 Å². The zero-order valence-electron chi connectivity index (χ0n) is 13.6. The van der Waals surface area contributed by atoms with Gasteiger partial charge in [0.1, 0.15) is 0 Å². The number of esters is 1. The van der Waals surface area contributed by atoms with Crippen LogP contribution in [0.2, 0.25) is 0 Å². The molecule has 0 aliphatic heterocycles. The molecule has 0 N–H and O–H groups in total. The van der Waals surface area contributed by atoms with Gasteiger partial charge in [-0.1, -0.05) is 18.2 Å². The molecule has 0 saturated carbocycles. The zero-order chi connectivity index (χ0) is 16.4. The maximum Gasteiger partial charge on any atom is 0.409 e. The molecule has 0 aromatic heterocycles. The van der Waals surface area contributed by atoms with Crippen LogP contribution in [-0.2, 0) is 9.47 Å². The van der Waals surface area contributed by atoms with Gasteiger partial charge in [0, 0.05) is 13.1 Å². The van der Waals surface area contributed by atoms with Crippen molar-refractivity contribution >= 4 is 12.1 Å².